The van der Waals surface area contributed by atoms with Crippen LogP contribution in [-0.4, -0.2) is 29.6 Å². The molecule has 2 atom stereocenters. The van der Waals surface area contributed by atoms with E-state index in [9.17, 15) is 5.11 Å². The summed E-state index contributed by atoms with van der Waals surface area (Å²) in [5.41, 5.74) is 3.37. The maximum Gasteiger partial charge on any atom is 0.115 e. The fourth-order valence-corrected chi connectivity index (χ4v) is 5.84. The average molecular weight is 364 g/mol. The lowest BCUT2D eigenvalue weighted by Gasteiger charge is -2.58. The summed E-state index contributed by atoms with van der Waals surface area (Å²) in [6.07, 6.45) is 8.86. The Morgan fingerprint density at radius 1 is 0.963 bits per heavy atom. The van der Waals surface area contributed by atoms with Gasteiger partial charge in [0.05, 0.1) is 0 Å². The average Bonchev–Trinajstić information content (AvgIpc) is 2.68. The molecule has 1 saturated heterocycles. The second kappa shape index (κ2) is 7.67. The Morgan fingerprint density at radius 2 is 1.78 bits per heavy atom. The number of aryl methyl sites for hydroxylation is 1. The van der Waals surface area contributed by atoms with Crippen molar-refractivity contribution in [1.82, 2.24) is 4.90 Å². The van der Waals surface area contributed by atoms with Crippen molar-refractivity contribution in [3.63, 3.8) is 0 Å². The zero-order valence-corrected chi connectivity index (χ0v) is 16.7. The maximum absolute atomic E-state index is 10.1. The van der Waals surface area contributed by atoms with E-state index in [-0.39, 0.29) is 5.41 Å². The lowest BCUT2D eigenvalue weighted by molar-refractivity contribution is -0.0215. The minimum absolute atomic E-state index is 0.236. The van der Waals surface area contributed by atoms with Gasteiger partial charge in [-0.3, -0.25) is 0 Å². The standard InChI is InChI=1S/C25H33NO/c1-24-14-5-6-15-25(24,22-12-7-13-23(27)19-22)16-18-26(20-24)17-8-11-21-9-3-2-4-10-21/h2-4,7,9-10,12-13,19,27H,5-6,8,11,14-18,20H2,1H3/t24-,25+/m1/s1. The Morgan fingerprint density at radius 3 is 2.59 bits per heavy atom. The smallest absolute Gasteiger partial charge is 0.115 e. The first-order valence-corrected chi connectivity index (χ1v) is 10.7. The van der Waals surface area contributed by atoms with Crippen LogP contribution in [0.2, 0.25) is 0 Å². The van der Waals surface area contributed by atoms with Gasteiger partial charge in [0.25, 0.3) is 0 Å². The fraction of sp³-hybridized carbons (Fsp3) is 0.520. The summed E-state index contributed by atoms with van der Waals surface area (Å²) in [5.74, 6) is 0.417. The molecule has 4 rings (SSSR count). The van der Waals surface area contributed by atoms with Gasteiger partial charge in [-0.15, -0.1) is 0 Å². The Balaban J connectivity index is 1.46. The number of hydrogen-bond donors (Lipinski definition) is 1. The number of aromatic hydroxyl groups is 1. The van der Waals surface area contributed by atoms with Gasteiger partial charge in [0.15, 0.2) is 0 Å². The van der Waals surface area contributed by atoms with Crippen molar-refractivity contribution in [3.8, 4) is 5.75 Å². The highest BCUT2D eigenvalue weighted by Crippen LogP contribution is 2.56. The van der Waals surface area contributed by atoms with Gasteiger partial charge in [0.2, 0.25) is 0 Å². The molecule has 0 unspecified atom stereocenters. The maximum atomic E-state index is 10.1. The number of rotatable bonds is 5. The molecular formula is C25H33NO. The molecule has 0 amide bonds. The van der Waals surface area contributed by atoms with Crippen molar-refractivity contribution < 1.29 is 5.11 Å². The lowest BCUT2D eigenvalue weighted by Crippen LogP contribution is -2.58. The fourth-order valence-electron chi connectivity index (χ4n) is 5.84. The molecule has 2 aromatic carbocycles. The molecule has 0 radical (unpaired) electrons. The summed E-state index contributed by atoms with van der Waals surface area (Å²) in [7, 11) is 0. The van der Waals surface area contributed by atoms with Crippen LogP contribution in [-0.2, 0) is 11.8 Å². The molecule has 2 nitrogen and oxygen atoms in total. The van der Waals surface area contributed by atoms with Gasteiger partial charge >= 0.3 is 0 Å². The third-order valence-electron chi connectivity index (χ3n) is 7.35. The lowest BCUT2D eigenvalue weighted by atomic mass is 9.51. The van der Waals surface area contributed by atoms with Crippen LogP contribution in [0.25, 0.3) is 0 Å². The van der Waals surface area contributed by atoms with Crippen LogP contribution in [0, 0.1) is 5.41 Å². The predicted octanol–water partition coefficient (Wildman–Crippen LogP) is 5.55. The molecule has 1 aliphatic carbocycles. The van der Waals surface area contributed by atoms with Crippen LogP contribution in [0.1, 0.15) is 56.6 Å². The first-order chi connectivity index (χ1) is 13.1. The predicted molar refractivity (Wildman–Crippen MR) is 112 cm³/mol. The van der Waals surface area contributed by atoms with Gasteiger partial charge in [-0.25, -0.2) is 0 Å². The van der Waals surface area contributed by atoms with Crippen molar-refractivity contribution in [2.45, 2.75) is 57.3 Å². The number of phenols is 1. The highest BCUT2D eigenvalue weighted by Gasteiger charge is 2.53. The molecular weight excluding hydrogens is 330 g/mol. The van der Waals surface area contributed by atoms with Gasteiger partial charge in [0, 0.05) is 12.0 Å². The molecule has 2 heteroatoms. The minimum Gasteiger partial charge on any atom is -0.508 e. The summed E-state index contributed by atoms with van der Waals surface area (Å²) in [5, 5.41) is 10.1. The van der Waals surface area contributed by atoms with Gasteiger partial charge in [-0.05, 0) is 73.9 Å². The number of nitrogens with zero attached hydrogens (tertiary/aromatic N) is 1. The summed E-state index contributed by atoms with van der Waals surface area (Å²) in [6, 6.07) is 19.0. The van der Waals surface area contributed by atoms with Gasteiger partial charge in [-0.1, -0.05) is 62.2 Å². The van der Waals surface area contributed by atoms with Crippen molar-refractivity contribution in [1.29, 1.82) is 0 Å². The highest BCUT2D eigenvalue weighted by molar-refractivity contribution is 5.36. The topological polar surface area (TPSA) is 23.5 Å². The van der Waals surface area contributed by atoms with E-state index in [4.69, 9.17) is 0 Å². The van der Waals surface area contributed by atoms with E-state index in [1.165, 1.54) is 75.7 Å². The Hall–Kier alpha value is -1.80. The normalized spacial score (nSPS) is 28.6. The molecule has 2 aromatic rings. The van der Waals surface area contributed by atoms with E-state index in [0.717, 1.165) is 0 Å². The molecule has 144 valence electrons. The molecule has 27 heavy (non-hydrogen) atoms. The summed E-state index contributed by atoms with van der Waals surface area (Å²) >= 11 is 0. The monoisotopic (exact) mass is 363 g/mol. The summed E-state index contributed by atoms with van der Waals surface area (Å²) in [6.45, 7) is 6.08. The number of phenolic OH excluding ortho intramolecular Hbond substituents is 1. The van der Waals surface area contributed by atoms with Crippen molar-refractivity contribution >= 4 is 0 Å². The number of hydrogen-bond acceptors (Lipinski definition) is 2. The van der Waals surface area contributed by atoms with Gasteiger partial charge < -0.3 is 10.0 Å². The van der Waals surface area contributed by atoms with Crippen molar-refractivity contribution in [2.75, 3.05) is 19.6 Å². The van der Waals surface area contributed by atoms with Crippen LogP contribution in [0.15, 0.2) is 54.6 Å². The Kier molecular flexibility index (Phi) is 5.27. The Labute approximate surface area is 164 Å². The molecule has 1 heterocycles. The van der Waals surface area contributed by atoms with E-state index < -0.39 is 0 Å². The molecule has 0 aromatic heterocycles. The quantitative estimate of drug-likeness (QED) is 0.753. The zero-order valence-electron chi connectivity index (χ0n) is 16.7. The van der Waals surface area contributed by atoms with Crippen molar-refractivity contribution in [3.05, 3.63) is 65.7 Å². The van der Waals surface area contributed by atoms with E-state index in [1.54, 1.807) is 6.07 Å². The molecule has 2 fully saturated rings. The molecule has 0 bridgehead atoms. The molecule has 1 N–H and O–H groups in total. The number of likely N-dealkylation sites (tertiary alicyclic amines) is 1. The molecule has 2 aliphatic rings. The van der Waals surface area contributed by atoms with Crippen LogP contribution in [0.4, 0.5) is 0 Å². The van der Waals surface area contributed by atoms with Crippen LogP contribution in [0.5, 0.6) is 5.75 Å². The van der Waals surface area contributed by atoms with Crippen LogP contribution < -0.4 is 0 Å². The number of piperidine rings is 1. The first-order valence-electron chi connectivity index (χ1n) is 10.7. The van der Waals surface area contributed by atoms with Gasteiger partial charge in [-0.2, -0.15) is 0 Å². The van der Waals surface area contributed by atoms with Crippen LogP contribution >= 0.6 is 0 Å². The minimum atomic E-state index is 0.236. The van der Waals surface area contributed by atoms with E-state index in [0.29, 0.717) is 11.2 Å². The Bertz CT molecular complexity index is 758. The van der Waals surface area contributed by atoms with Crippen molar-refractivity contribution in [2.24, 2.45) is 5.41 Å². The third-order valence-corrected chi connectivity index (χ3v) is 7.35. The van der Waals surface area contributed by atoms with E-state index in [2.05, 4.69) is 48.2 Å². The van der Waals surface area contributed by atoms with E-state index >= 15 is 0 Å². The highest BCUT2D eigenvalue weighted by atomic mass is 16.3. The molecule has 0 spiro atoms. The SMILES string of the molecule is C[C@]12CCCC[C@@]1(c1cccc(O)c1)CCN(CCCc1ccccc1)C2. The first kappa shape index (κ1) is 18.6. The summed E-state index contributed by atoms with van der Waals surface area (Å²) < 4.78 is 0. The summed E-state index contributed by atoms with van der Waals surface area (Å²) in [4.78, 5) is 2.70. The largest absolute Gasteiger partial charge is 0.508 e. The molecule has 1 aliphatic heterocycles. The third kappa shape index (κ3) is 3.65. The van der Waals surface area contributed by atoms with E-state index in [1.807, 2.05) is 12.1 Å². The van der Waals surface area contributed by atoms with Gasteiger partial charge in [0.1, 0.15) is 5.75 Å². The zero-order chi connectivity index (χ0) is 18.7. The second-order valence-corrected chi connectivity index (χ2v) is 9.02. The molecule has 1 saturated carbocycles. The second-order valence-electron chi connectivity index (χ2n) is 9.02. The van der Waals surface area contributed by atoms with Crippen LogP contribution in [0.3, 0.4) is 0 Å². The number of fused-ring (bicyclic) bond motifs is 1. The number of benzene rings is 2.